The van der Waals surface area contributed by atoms with E-state index in [-0.39, 0.29) is 16.6 Å². The van der Waals surface area contributed by atoms with Crippen LogP contribution in [0.5, 0.6) is 0 Å². The molecule has 1 atom stereocenters. The Balaban J connectivity index is 2.20. The molecular formula is C15H19F3N2S. The van der Waals surface area contributed by atoms with Crippen LogP contribution in [-0.4, -0.2) is 11.0 Å². The van der Waals surface area contributed by atoms with Crippen LogP contribution < -0.4 is 11.1 Å². The van der Waals surface area contributed by atoms with E-state index < -0.39 is 11.7 Å². The van der Waals surface area contributed by atoms with Crippen molar-refractivity contribution in [3.05, 3.63) is 29.3 Å². The smallest absolute Gasteiger partial charge is 0.389 e. The number of thiocarbonyl (C=S) groups is 1. The highest BCUT2D eigenvalue weighted by Gasteiger charge is 2.34. The second-order valence-electron chi connectivity index (χ2n) is 5.55. The zero-order valence-electron chi connectivity index (χ0n) is 11.8. The molecule has 2 nitrogen and oxygen atoms in total. The maximum atomic E-state index is 12.9. The lowest BCUT2D eigenvalue weighted by Crippen LogP contribution is -2.21. The maximum absolute atomic E-state index is 12.9. The number of rotatable bonds is 6. The van der Waals surface area contributed by atoms with Gasteiger partial charge in [0.05, 0.1) is 5.56 Å². The van der Waals surface area contributed by atoms with Gasteiger partial charge < -0.3 is 11.1 Å². The first-order chi connectivity index (χ1) is 9.81. The van der Waals surface area contributed by atoms with Gasteiger partial charge in [-0.2, -0.15) is 13.2 Å². The zero-order chi connectivity index (χ0) is 15.6. The third-order valence-corrected chi connectivity index (χ3v) is 3.99. The molecule has 1 aromatic carbocycles. The van der Waals surface area contributed by atoms with Gasteiger partial charge in [0.2, 0.25) is 0 Å². The van der Waals surface area contributed by atoms with E-state index in [1.807, 2.05) is 0 Å². The van der Waals surface area contributed by atoms with E-state index in [0.717, 1.165) is 24.8 Å². The van der Waals surface area contributed by atoms with Crippen molar-refractivity contribution in [1.82, 2.24) is 0 Å². The van der Waals surface area contributed by atoms with E-state index in [4.69, 9.17) is 18.0 Å². The molecular weight excluding hydrogens is 297 g/mol. The predicted molar refractivity (Wildman–Crippen MR) is 82.4 cm³/mol. The van der Waals surface area contributed by atoms with Crippen LogP contribution in [0.3, 0.4) is 0 Å². The molecule has 116 valence electrons. The quantitative estimate of drug-likeness (QED) is 0.767. The van der Waals surface area contributed by atoms with Gasteiger partial charge in [-0.05, 0) is 37.0 Å². The fourth-order valence-electron chi connectivity index (χ4n) is 2.40. The molecule has 2 rings (SSSR count). The van der Waals surface area contributed by atoms with E-state index >= 15 is 0 Å². The van der Waals surface area contributed by atoms with Gasteiger partial charge in [0.25, 0.3) is 0 Å². The molecule has 0 spiro atoms. The Labute approximate surface area is 127 Å². The summed E-state index contributed by atoms with van der Waals surface area (Å²) in [6, 6.07) is 4.16. The third-order valence-electron chi connectivity index (χ3n) is 3.77. The average molecular weight is 316 g/mol. The van der Waals surface area contributed by atoms with Crippen LogP contribution in [-0.2, 0) is 6.18 Å². The molecule has 1 unspecified atom stereocenters. The number of halogens is 3. The number of hydrogen-bond donors (Lipinski definition) is 2. The Bertz CT molecular complexity index is 524. The number of nitrogens with two attached hydrogens (primary N) is 1. The van der Waals surface area contributed by atoms with Crippen LogP contribution in [0.4, 0.5) is 18.9 Å². The molecule has 0 saturated heterocycles. The van der Waals surface area contributed by atoms with Gasteiger partial charge >= 0.3 is 6.18 Å². The van der Waals surface area contributed by atoms with E-state index in [2.05, 4.69) is 12.2 Å². The normalized spacial score (nSPS) is 16.6. The SMILES string of the molecule is CCC(CC1CC1)Nc1ccc(C(F)(F)F)c(C(N)=S)c1. The predicted octanol–water partition coefficient (Wildman–Crippen LogP) is 4.33. The van der Waals surface area contributed by atoms with Crippen molar-refractivity contribution < 1.29 is 13.2 Å². The van der Waals surface area contributed by atoms with Crippen LogP contribution in [0.2, 0.25) is 0 Å². The fourth-order valence-corrected chi connectivity index (χ4v) is 2.57. The molecule has 1 aliphatic rings. The van der Waals surface area contributed by atoms with Gasteiger partial charge in [-0.1, -0.05) is 32.0 Å². The van der Waals surface area contributed by atoms with E-state index in [9.17, 15) is 13.2 Å². The van der Waals surface area contributed by atoms with Crippen molar-refractivity contribution in [3.8, 4) is 0 Å². The monoisotopic (exact) mass is 316 g/mol. The summed E-state index contributed by atoms with van der Waals surface area (Å²) in [7, 11) is 0. The van der Waals surface area contributed by atoms with E-state index in [1.54, 1.807) is 0 Å². The van der Waals surface area contributed by atoms with Crippen molar-refractivity contribution in [3.63, 3.8) is 0 Å². The summed E-state index contributed by atoms with van der Waals surface area (Å²) in [5.74, 6) is 0.756. The van der Waals surface area contributed by atoms with Crippen LogP contribution >= 0.6 is 12.2 Å². The lowest BCUT2D eigenvalue weighted by atomic mass is 10.0. The molecule has 0 radical (unpaired) electrons. The average Bonchev–Trinajstić information content (AvgIpc) is 3.20. The molecule has 6 heteroatoms. The molecule has 0 amide bonds. The number of hydrogen-bond acceptors (Lipinski definition) is 2. The summed E-state index contributed by atoms with van der Waals surface area (Å²) < 4.78 is 38.7. The van der Waals surface area contributed by atoms with Crippen molar-refractivity contribution in [2.24, 2.45) is 11.7 Å². The Hall–Kier alpha value is -1.30. The van der Waals surface area contributed by atoms with Crippen molar-refractivity contribution in [2.45, 2.75) is 44.8 Å². The summed E-state index contributed by atoms with van der Waals surface area (Å²) in [5.41, 5.74) is 5.17. The first kappa shape index (κ1) is 16.1. The summed E-state index contributed by atoms with van der Waals surface area (Å²) >= 11 is 4.75. The maximum Gasteiger partial charge on any atom is 0.417 e. The minimum atomic E-state index is -4.45. The number of anilines is 1. The Morgan fingerprint density at radius 1 is 1.43 bits per heavy atom. The van der Waals surface area contributed by atoms with Gasteiger partial charge in [0.1, 0.15) is 4.99 Å². The summed E-state index contributed by atoms with van der Waals surface area (Å²) in [6.07, 6.45) is 0.0436. The van der Waals surface area contributed by atoms with E-state index in [0.29, 0.717) is 5.69 Å². The Morgan fingerprint density at radius 2 is 2.10 bits per heavy atom. The molecule has 1 aliphatic carbocycles. The Morgan fingerprint density at radius 3 is 2.57 bits per heavy atom. The largest absolute Gasteiger partial charge is 0.417 e. The van der Waals surface area contributed by atoms with Crippen LogP contribution in [0.25, 0.3) is 0 Å². The lowest BCUT2D eigenvalue weighted by Gasteiger charge is -2.20. The second kappa shape index (κ2) is 6.22. The standard InChI is InChI=1S/C15H19F3N2S/c1-2-10(7-9-3-4-9)20-11-5-6-13(15(16,17)18)12(8-11)14(19)21/h5-6,8-10,20H,2-4,7H2,1H3,(H2,19,21). The van der Waals surface area contributed by atoms with Gasteiger partial charge in [0, 0.05) is 17.3 Å². The molecule has 0 aromatic heterocycles. The van der Waals surface area contributed by atoms with Gasteiger partial charge in [0.15, 0.2) is 0 Å². The highest BCUT2D eigenvalue weighted by atomic mass is 32.1. The lowest BCUT2D eigenvalue weighted by molar-refractivity contribution is -0.137. The van der Waals surface area contributed by atoms with Gasteiger partial charge in [-0.15, -0.1) is 0 Å². The van der Waals surface area contributed by atoms with Crippen molar-refractivity contribution >= 4 is 22.9 Å². The second-order valence-corrected chi connectivity index (χ2v) is 5.99. The number of benzene rings is 1. The number of nitrogens with one attached hydrogen (secondary N) is 1. The van der Waals surface area contributed by atoms with Crippen LogP contribution in [0.15, 0.2) is 18.2 Å². The first-order valence-corrected chi connectivity index (χ1v) is 7.49. The minimum Gasteiger partial charge on any atom is -0.389 e. The zero-order valence-corrected chi connectivity index (χ0v) is 12.7. The molecule has 1 fully saturated rings. The molecule has 0 aliphatic heterocycles. The molecule has 21 heavy (non-hydrogen) atoms. The molecule has 0 heterocycles. The highest BCUT2D eigenvalue weighted by Crippen LogP contribution is 2.36. The van der Waals surface area contributed by atoms with Crippen molar-refractivity contribution in [1.29, 1.82) is 0 Å². The molecule has 3 N–H and O–H groups in total. The Kier molecular flexibility index (Phi) is 4.76. The molecule has 1 saturated carbocycles. The highest BCUT2D eigenvalue weighted by molar-refractivity contribution is 7.80. The topological polar surface area (TPSA) is 38.0 Å². The van der Waals surface area contributed by atoms with Crippen molar-refractivity contribution in [2.75, 3.05) is 5.32 Å². The van der Waals surface area contributed by atoms with Crippen LogP contribution in [0, 0.1) is 5.92 Å². The molecule has 0 bridgehead atoms. The van der Waals surface area contributed by atoms with Crippen LogP contribution in [0.1, 0.15) is 43.7 Å². The fraction of sp³-hybridized carbons (Fsp3) is 0.533. The first-order valence-electron chi connectivity index (χ1n) is 7.08. The molecule has 1 aromatic rings. The third kappa shape index (κ3) is 4.33. The minimum absolute atomic E-state index is 0.122. The number of alkyl halides is 3. The van der Waals surface area contributed by atoms with Gasteiger partial charge in [-0.25, -0.2) is 0 Å². The summed E-state index contributed by atoms with van der Waals surface area (Å²) in [6.45, 7) is 2.07. The van der Waals surface area contributed by atoms with E-state index in [1.165, 1.54) is 25.0 Å². The van der Waals surface area contributed by atoms with Gasteiger partial charge in [-0.3, -0.25) is 0 Å². The summed E-state index contributed by atoms with van der Waals surface area (Å²) in [4.78, 5) is -0.235. The summed E-state index contributed by atoms with van der Waals surface area (Å²) in [5, 5.41) is 3.29.